The highest BCUT2D eigenvalue weighted by atomic mass is 79.9. The van der Waals surface area contributed by atoms with E-state index in [1.54, 1.807) is 6.07 Å². The van der Waals surface area contributed by atoms with Gasteiger partial charge in [0, 0.05) is 26.8 Å². The zero-order valence-corrected chi connectivity index (χ0v) is 12.0. The molecule has 0 spiro atoms. The van der Waals surface area contributed by atoms with Crippen LogP contribution >= 0.6 is 39.1 Å². The number of halogens is 3. The minimum absolute atomic E-state index is 0.656. The number of anilines is 1. The largest absolute Gasteiger partial charge is 0.381 e. The fourth-order valence-corrected chi connectivity index (χ4v) is 2.49. The second kappa shape index (κ2) is 5.76. The Balaban J connectivity index is 2.07. The number of hydrogen-bond donors (Lipinski definition) is 1. The van der Waals surface area contributed by atoms with Gasteiger partial charge in [0.1, 0.15) is 0 Å². The second-order valence-corrected chi connectivity index (χ2v) is 5.43. The van der Waals surface area contributed by atoms with Crippen molar-refractivity contribution < 1.29 is 0 Å². The van der Waals surface area contributed by atoms with Crippen LogP contribution in [0.1, 0.15) is 5.56 Å². The Hall–Kier alpha value is -0.700. The molecule has 0 saturated heterocycles. The Morgan fingerprint density at radius 2 is 1.71 bits per heavy atom. The molecule has 88 valence electrons. The van der Waals surface area contributed by atoms with Crippen LogP contribution in [0.15, 0.2) is 46.9 Å². The highest BCUT2D eigenvalue weighted by Crippen LogP contribution is 2.21. The van der Waals surface area contributed by atoms with Gasteiger partial charge in [0.25, 0.3) is 0 Å². The summed E-state index contributed by atoms with van der Waals surface area (Å²) in [6.45, 7) is 0.691. The molecule has 17 heavy (non-hydrogen) atoms. The summed E-state index contributed by atoms with van der Waals surface area (Å²) in [5, 5.41) is 4.62. The van der Waals surface area contributed by atoms with Gasteiger partial charge in [-0.05, 0) is 42.0 Å². The molecule has 0 aromatic heterocycles. The summed E-state index contributed by atoms with van der Waals surface area (Å²) in [6.07, 6.45) is 0. The molecule has 0 aliphatic rings. The molecular formula is C13H10BrCl2N. The Bertz CT molecular complexity index is 508. The number of hydrogen-bond acceptors (Lipinski definition) is 1. The summed E-state index contributed by atoms with van der Waals surface area (Å²) in [7, 11) is 0. The number of rotatable bonds is 3. The first kappa shape index (κ1) is 12.7. The predicted molar refractivity (Wildman–Crippen MR) is 77.9 cm³/mol. The van der Waals surface area contributed by atoms with Crippen LogP contribution in [-0.4, -0.2) is 0 Å². The third-order valence-electron chi connectivity index (χ3n) is 2.24. The first-order chi connectivity index (χ1) is 8.13. The van der Waals surface area contributed by atoms with Crippen molar-refractivity contribution in [2.24, 2.45) is 0 Å². The third-order valence-corrected chi connectivity index (χ3v) is 3.17. The SMILES string of the molecule is Clc1cc(Cl)cc(CNc2cccc(Br)c2)c1. The maximum absolute atomic E-state index is 5.94. The lowest BCUT2D eigenvalue weighted by atomic mass is 10.2. The summed E-state index contributed by atoms with van der Waals surface area (Å²) in [5.74, 6) is 0. The van der Waals surface area contributed by atoms with Crippen LogP contribution in [-0.2, 0) is 6.54 Å². The summed E-state index contributed by atoms with van der Waals surface area (Å²) in [5.41, 5.74) is 2.11. The van der Waals surface area contributed by atoms with Gasteiger partial charge < -0.3 is 5.32 Å². The molecule has 0 aliphatic carbocycles. The van der Waals surface area contributed by atoms with E-state index in [9.17, 15) is 0 Å². The van der Waals surface area contributed by atoms with E-state index in [1.165, 1.54) is 0 Å². The summed E-state index contributed by atoms with van der Waals surface area (Å²) in [4.78, 5) is 0. The molecular weight excluding hydrogens is 321 g/mol. The molecule has 1 nitrogen and oxygen atoms in total. The topological polar surface area (TPSA) is 12.0 Å². The smallest absolute Gasteiger partial charge is 0.0424 e. The van der Waals surface area contributed by atoms with Crippen molar-refractivity contribution >= 4 is 44.8 Å². The lowest BCUT2D eigenvalue weighted by Gasteiger charge is -2.07. The van der Waals surface area contributed by atoms with Crippen LogP contribution in [0.4, 0.5) is 5.69 Å². The van der Waals surface area contributed by atoms with E-state index in [4.69, 9.17) is 23.2 Å². The van der Waals surface area contributed by atoms with Gasteiger partial charge in [0.2, 0.25) is 0 Å². The minimum Gasteiger partial charge on any atom is -0.381 e. The summed E-state index contributed by atoms with van der Waals surface area (Å²) >= 11 is 15.3. The minimum atomic E-state index is 0.656. The van der Waals surface area contributed by atoms with Crippen molar-refractivity contribution in [2.45, 2.75) is 6.54 Å². The molecule has 2 aromatic rings. The maximum Gasteiger partial charge on any atom is 0.0424 e. The normalized spacial score (nSPS) is 10.3. The lowest BCUT2D eigenvalue weighted by Crippen LogP contribution is -1.99. The molecule has 2 rings (SSSR count). The van der Waals surface area contributed by atoms with Crippen molar-refractivity contribution in [1.29, 1.82) is 0 Å². The molecule has 0 aliphatic heterocycles. The Labute approximate surface area is 119 Å². The molecule has 0 bridgehead atoms. The van der Waals surface area contributed by atoms with E-state index in [1.807, 2.05) is 36.4 Å². The van der Waals surface area contributed by atoms with E-state index in [-0.39, 0.29) is 0 Å². The maximum atomic E-state index is 5.94. The first-order valence-electron chi connectivity index (χ1n) is 5.08. The van der Waals surface area contributed by atoms with Gasteiger partial charge in [0.15, 0.2) is 0 Å². The van der Waals surface area contributed by atoms with Gasteiger partial charge >= 0.3 is 0 Å². The Kier molecular flexibility index (Phi) is 4.32. The highest BCUT2D eigenvalue weighted by molar-refractivity contribution is 9.10. The quantitative estimate of drug-likeness (QED) is 0.797. The summed E-state index contributed by atoms with van der Waals surface area (Å²) in [6, 6.07) is 13.5. The zero-order valence-electron chi connectivity index (χ0n) is 8.88. The standard InChI is InChI=1S/C13H10BrCl2N/c14-10-2-1-3-13(6-10)17-8-9-4-11(15)7-12(16)5-9/h1-7,17H,8H2. The van der Waals surface area contributed by atoms with E-state index >= 15 is 0 Å². The Morgan fingerprint density at radius 1 is 1.00 bits per heavy atom. The van der Waals surface area contributed by atoms with Crippen LogP contribution in [0.25, 0.3) is 0 Å². The fraction of sp³-hybridized carbons (Fsp3) is 0.0769. The predicted octanol–water partition coefficient (Wildman–Crippen LogP) is 5.37. The fourth-order valence-electron chi connectivity index (χ4n) is 1.52. The molecule has 0 unspecified atom stereocenters. The molecule has 2 aromatic carbocycles. The van der Waals surface area contributed by atoms with E-state index in [0.29, 0.717) is 16.6 Å². The Morgan fingerprint density at radius 3 is 2.35 bits per heavy atom. The van der Waals surface area contributed by atoms with E-state index in [2.05, 4.69) is 21.2 Å². The summed E-state index contributed by atoms with van der Waals surface area (Å²) < 4.78 is 1.05. The van der Waals surface area contributed by atoms with Gasteiger partial charge in [-0.1, -0.05) is 45.2 Å². The molecule has 1 N–H and O–H groups in total. The second-order valence-electron chi connectivity index (χ2n) is 3.64. The average Bonchev–Trinajstić information content (AvgIpc) is 2.25. The van der Waals surface area contributed by atoms with Crippen LogP contribution in [0, 0.1) is 0 Å². The van der Waals surface area contributed by atoms with Crippen LogP contribution in [0.3, 0.4) is 0 Å². The van der Waals surface area contributed by atoms with Crippen LogP contribution in [0.2, 0.25) is 10.0 Å². The highest BCUT2D eigenvalue weighted by Gasteiger charge is 1.99. The van der Waals surface area contributed by atoms with Crippen molar-refractivity contribution in [3.8, 4) is 0 Å². The van der Waals surface area contributed by atoms with Gasteiger partial charge in [-0.3, -0.25) is 0 Å². The number of nitrogens with one attached hydrogen (secondary N) is 1. The van der Waals surface area contributed by atoms with Gasteiger partial charge in [-0.15, -0.1) is 0 Å². The molecule has 4 heteroatoms. The van der Waals surface area contributed by atoms with E-state index in [0.717, 1.165) is 15.7 Å². The van der Waals surface area contributed by atoms with Crippen LogP contribution in [0.5, 0.6) is 0 Å². The molecule has 0 atom stereocenters. The van der Waals surface area contributed by atoms with Crippen molar-refractivity contribution in [3.05, 3.63) is 62.5 Å². The molecule has 0 heterocycles. The average molecular weight is 331 g/mol. The lowest BCUT2D eigenvalue weighted by molar-refractivity contribution is 1.15. The van der Waals surface area contributed by atoms with Crippen molar-refractivity contribution in [1.82, 2.24) is 0 Å². The molecule has 0 saturated carbocycles. The van der Waals surface area contributed by atoms with Gasteiger partial charge in [-0.25, -0.2) is 0 Å². The van der Waals surface area contributed by atoms with Crippen LogP contribution < -0.4 is 5.32 Å². The first-order valence-corrected chi connectivity index (χ1v) is 6.63. The monoisotopic (exact) mass is 329 g/mol. The molecule has 0 fully saturated rings. The number of benzene rings is 2. The van der Waals surface area contributed by atoms with Gasteiger partial charge in [0.05, 0.1) is 0 Å². The van der Waals surface area contributed by atoms with Crippen molar-refractivity contribution in [2.75, 3.05) is 5.32 Å². The molecule has 0 amide bonds. The van der Waals surface area contributed by atoms with E-state index < -0.39 is 0 Å². The third kappa shape index (κ3) is 3.91. The van der Waals surface area contributed by atoms with Gasteiger partial charge in [-0.2, -0.15) is 0 Å². The van der Waals surface area contributed by atoms with Crippen molar-refractivity contribution in [3.63, 3.8) is 0 Å². The zero-order chi connectivity index (χ0) is 12.3. The molecule has 0 radical (unpaired) electrons.